The molecular weight excluding hydrogens is 182 g/mol. The lowest BCUT2D eigenvalue weighted by atomic mass is 10.2. The summed E-state index contributed by atoms with van der Waals surface area (Å²) in [5.74, 6) is -0.679. The number of rotatable bonds is 3. The van der Waals surface area contributed by atoms with E-state index >= 15 is 0 Å². The van der Waals surface area contributed by atoms with Gasteiger partial charge in [0.15, 0.2) is 5.76 Å². The average Bonchev–Trinajstić information content (AvgIpc) is 2.18. The normalized spacial score (nSPS) is 11.1. The number of primary amides is 1. The quantitative estimate of drug-likeness (QED) is 0.557. The lowest BCUT2D eigenvalue weighted by molar-refractivity contribution is -0.116. The van der Waals surface area contributed by atoms with Crippen LogP contribution >= 0.6 is 0 Å². The molecular formula is C10H11NO3. The first-order chi connectivity index (χ1) is 6.63. The van der Waals surface area contributed by atoms with Gasteiger partial charge in [-0.1, -0.05) is 12.1 Å². The molecule has 0 heterocycles. The van der Waals surface area contributed by atoms with E-state index in [-0.39, 0.29) is 0 Å². The maximum atomic E-state index is 10.5. The van der Waals surface area contributed by atoms with Crippen molar-refractivity contribution in [2.45, 2.75) is 0 Å². The Morgan fingerprint density at radius 2 is 2.29 bits per heavy atom. The van der Waals surface area contributed by atoms with E-state index in [4.69, 9.17) is 15.6 Å². The summed E-state index contributed by atoms with van der Waals surface area (Å²) >= 11 is 0. The van der Waals surface area contributed by atoms with Crippen molar-refractivity contribution >= 4 is 12.0 Å². The lowest BCUT2D eigenvalue weighted by Gasteiger charge is -2.00. The molecule has 0 aromatic heterocycles. The number of carbonyl (C=O) groups is 1. The van der Waals surface area contributed by atoms with Gasteiger partial charge in [0.1, 0.15) is 5.75 Å². The molecule has 4 nitrogen and oxygen atoms in total. The predicted molar refractivity (Wildman–Crippen MR) is 52.8 cm³/mol. The zero-order valence-corrected chi connectivity index (χ0v) is 7.73. The van der Waals surface area contributed by atoms with E-state index in [9.17, 15) is 4.79 Å². The highest BCUT2D eigenvalue weighted by Gasteiger charge is 2.01. The minimum atomic E-state index is -0.854. The highest BCUT2D eigenvalue weighted by Crippen LogP contribution is 2.14. The molecule has 0 unspecified atom stereocenters. The fourth-order valence-corrected chi connectivity index (χ4v) is 0.960. The number of methoxy groups -OCH3 is 1. The smallest absolute Gasteiger partial charge is 0.283 e. The van der Waals surface area contributed by atoms with E-state index in [0.29, 0.717) is 11.3 Å². The van der Waals surface area contributed by atoms with Gasteiger partial charge in [-0.15, -0.1) is 0 Å². The third-order valence-corrected chi connectivity index (χ3v) is 1.65. The maximum Gasteiger partial charge on any atom is 0.283 e. The van der Waals surface area contributed by atoms with Crippen LogP contribution in [0.2, 0.25) is 0 Å². The van der Waals surface area contributed by atoms with Crippen LogP contribution in [0.15, 0.2) is 30.0 Å². The van der Waals surface area contributed by atoms with Gasteiger partial charge in [-0.2, -0.15) is 0 Å². The minimum Gasteiger partial charge on any atom is -0.503 e. The van der Waals surface area contributed by atoms with Crippen molar-refractivity contribution in [3.8, 4) is 5.75 Å². The molecule has 14 heavy (non-hydrogen) atoms. The molecule has 1 aromatic carbocycles. The van der Waals surface area contributed by atoms with Gasteiger partial charge in [0.05, 0.1) is 7.11 Å². The summed E-state index contributed by atoms with van der Waals surface area (Å²) in [5.41, 5.74) is 5.52. The molecule has 1 rings (SSSR count). The third-order valence-electron chi connectivity index (χ3n) is 1.65. The molecule has 0 aliphatic carbocycles. The van der Waals surface area contributed by atoms with Crippen molar-refractivity contribution in [3.63, 3.8) is 0 Å². The molecule has 0 aliphatic rings. The number of aliphatic hydroxyl groups excluding tert-OH is 1. The predicted octanol–water partition coefficient (Wildman–Crippen LogP) is 1.08. The zero-order valence-electron chi connectivity index (χ0n) is 7.73. The fourth-order valence-electron chi connectivity index (χ4n) is 0.960. The highest BCUT2D eigenvalue weighted by molar-refractivity contribution is 5.94. The Labute approximate surface area is 81.6 Å². The second kappa shape index (κ2) is 4.32. The van der Waals surface area contributed by atoms with E-state index in [0.717, 1.165) is 0 Å². The van der Waals surface area contributed by atoms with Crippen molar-refractivity contribution in [1.82, 2.24) is 0 Å². The van der Waals surface area contributed by atoms with Crippen LogP contribution in [0, 0.1) is 0 Å². The van der Waals surface area contributed by atoms with Gasteiger partial charge in [-0.25, -0.2) is 0 Å². The molecule has 0 spiro atoms. The van der Waals surface area contributed by atoms with E-state index in [1.165, 1.54) is 13.2 Å². The number of aliphatic hydroxyl groups is 1. The molecule has 1 amide bonds. The van der Waals surface area contributed by atoms with Crippen LogP contribution < -0.4 is 10.5 Å². The van der Waals surface area contributed by atoms with Gasteiger partial charge in [0, 0.05) is 0 Å². The lowest BCUT2D eigenvalue weighted by Crippen LogP contribution is -2.12. The molecule has 0 radical (unpaired) electrons. The number of amides is 1. The molecule has 0 fully saturated rings. The first-order valence-electron chi connectivity index (χ1n) is 3.98. The van der Waals surface area contributed by atoms with Gasteiger partial charge in [0.25, 0.3) is 5.91 Å². The number of nitrogens with two attached hydrogens (primary N) is 1. The van der Waals surface area contributed by atoms with Crippen LogP contribution in [0.5, 0.6) is 5.75 Å². The topological polar surface area (TPSA) is 72.6 Å². The van der Waals surface area contributed by atoms with Gasteiger partial charge in [-0.3, -0.25) is 4.79 Å². The van der Waals surface area contributed by atoms with Crippen LogP contribution in [-0.2, 0) is 4.79 Å². The monoisotopic (exact) mass is 193 g/mol. The van der Waals surface area contributed by atoms with Crippen molar-refractivity contribution in [2.24, 2.45) is 5.73 Å². The van der Waals surface area contributed by atoms with E-state index in [1.807, 2.05) is 0 Å². The summed E-state index contributed by atoms with van der Waals surface area (Å²) in [7, 11) is 1.54. The molecule has 1 aromatic rings. The summed E-state index contributed by atoms with van der Waals surface area (Å²) in [6, 6.07) is 6.92. The summed E-state index contributed by atoms with van der Waals surface area (Å²) < 4.78 is 4.97. The molecule has 4 heteroatoms. The van der Waals surface area contributed by atoms with Crippen molar-refractivity contribution in [3.05, 3.63) is 35.6 Å². The number of ether oxygens (including phenoxy) is 1. The minimum absolute atomic E-state index is 0.474. The molecule has 0 saturated heterocycles. The Balaban J connectivity index is 2.97. The number of hydrogen-bond acceptors (Lipinski definition) is 3. The van der Waals surface area contributed by atoms with E-state index in [1.54, 1.807) is 24.3 Å². The molecule has 0 bridgehead atoms. The van der Waals surface area contributed by atoms with Gasteiger partial charge >= 0.3 is 0 Å². The van der Waals surface area contributed by atoms with Crippen LogP contribution in [0.4, 0.5) is 0 Å². The maximum absolute atomic E-state index is 10.5. The Bertz CT molecular complexity index is 371. The first kappa shape index (κ1) is 10.1. The zero-order chi connectivity index (χ0) is 10.6. The molecule has 3 N–H and O–H groups in total. The Morgan fingerprint density at radius 1 is 1.57 bits per heavy atom. The molecule has 0 saturated carbocycles. The Kier molecular flexibility index (Phi) is 3.12. The summed E-state index contributed by atoms with van der Waals surface area (Å²) in [5, 5.41) is 9.09. The second-order valence-corrected chi connectivity index (χ2v) is 2.67. The molecule has 0 atom stereocenters. The molecule has 74 valence electrons. The third kappa shape index (κ3) is 2.52. The number of benzene rings is 1. The van der Waals surface area contributed by atoms with Gasteiger partial charge < -0.3 is 15.6 Å². The number of carbonyl (C=O) groups excluding carboxylic acids is 1. The van der Waals surface area contributed by atoms with Gasteiger partial charge in [0.2, 0.25) is 0 Å². The standard InChI is InChI=1S/C10H11NO3/c1-14-8-4-2-3-7(5-8)6-9(12)10(11)13/h2-6,12H,1H3,(H2,11,13). The van der Waals surface area contributed by atoms with Gasteiger partial charge in [-0.05, 0) is 23.8 Å². The average molecular weight is 193 g/mol. The van der Waals surface area contributed by atoms with Crippen molar-refractivity contribution in [1.29, 1.82) is 0 Å². The summed E-state index contributed by atoms with van der Waals surface area (Å²) in [4.78, 5) is 10.5. The van der Waals surface area contributed by atoms with E-state index < -0.39 is 11.7 Å². The molecule has 0 aliphatic heterocycles. The van der Waals surface area contributed by atoms with Crippen LogP contribution in [0.3, 0.4) is 0 Å². The summed E-state index contributed by atoms with van der Waals surface area (Å²) in [6.07, 6.45) is 1.28. The first-order valence-corrected chi connectivity index (χ1v) is 3.98. The fraction of sp³-hybridized carbons (Fsp3) is 0.100. The Hall–Kier alpha value is -1.97. The van der Waals surface area contributed by atoms with Crippen molar-refractivity contribution < 1.29 is 14.6 Å². The highest BCUT2D eigenvalue weighted by atomic mass is 16.5. The van der Waals surface area contributed by atoms with Crippen LogP contribution in [-0.4, -0.2) is 18.1 Å². The van der Waals surface area contributed by atoms with E-state index in [2.05, 4.69) is 0 Å². The SMILES string of the molecule is COc1cccc(C=C(O)C(N)=O)c1. The largest absolute Gasteiger partial charge is 0.503 e. The van der Waals surface area contributed by atoms with Crippen LogP contribution in [0.1, 0.15) is 5.56 Å². The van der Waals surface area contributed by atoms with Crippen molar-refractivity contribution in [2.75, 3.05) is 7.11 Å². The number of hydrogen-bond donors (Lipinski definition) is 2. The second-order valence-electron chi connectivity index (χ2n) is 2.67. The van der Waals surface area contributed by atoms with Crippen LogP contribution in [0.25, 0.3) is 6.08 Å². The Morgan fingerprint density at radius 3 is 2.86 bits per heavy atom. The summed E-state index contributed by atoms with van der Waals surface area (Å²) in [6.45, 7) is 0.